The lowest BCUT2D eigenvalue weighted by atomic mass is 9.93. The van der Waals surface area contributed by atoms with Gasteiger partial charge in [-0.3, -0.25) is 34.2 Å². The van der Waals surface area contributed by atoms with Crippen LogP contribution in [0.15, 0.2) is 60.8 Å². The Balaban J connectivity index is 0.918. The lowest BCUT2D eigenvalue weighted by Crippen LogP contribution is -2.42. The summed E-state index contributed by atoms with van der Waals surface area (Å²) in [5.41, 5.74) is 4.10. The minimum atomic E-state index is -0.373. The number of nitrogens with zero attached hydrogens (tertiary/aromatic N) is 4. The van der Waals surface area contributed by atoms with Gasteiger partial charge in [0.2, 0.25) is 24.1 Å². The molecule has 48 heavy (non-hydrogen) atoms. The molecule has 0 aliphatic carbocycles. The molecule has 0 saturated carbocycles. The van der Waals surface area contributed by atoms with Gasteiger partial charge in [0.25, 0.3) is 5.91 Å². The summed E-state index contributed by atoms with van der Waals surface area (Å²) in [7, 11) is 0. The molecule has 1 saturated heterocycles. The van der Waals surface area contributed by atoms with Crippen LogP contribution in [-0.2, 0) is 32.3 Å². The van der Waals surface area contributed by atoms with E-state index in [1.54, 1.807) is 23.2 Å². The second-order valence-corrected chi connectivity index (χ2v) is 12.7. The molecule has 1 unspecified atom stereocenters. The first-order valence-electron chi connectivity index (χ1n) is 16.6. The fourth-order valence-electron chi connectivity index (χ4n) is 6.90. The lowest BCUT2D eigenvalue weighted by Gasteiger charge is -2.31. The minimum Gasteiger partial charge on any atom is -0.353 e. The SMILES string of the molecule is CC(CCC(=O)NC=O)N1Cc2cc(NC(=O)CC3CCN(CC(=O)NCCn4c5ccccc5c5cccnc54)CC3)ccc2C1=O. The van der Waals surface area contributed by atoms with Gasteiger partial charge in [-0.25, -0.2) is 4.98 Å². The van der Waals surface area contributed by atoms with E-state index in [2.05, 4.69) is 48.6 Å². The molecule has 0 spiro atoms. The van der Waals surface area contributed by atoms with Crippen molar-refractivity contribution in [2.24, 2.45) is 5.92 Å². The third kappa shape index (κ3) is 7.38. The van der Waals surface area contributed by atoms with Gasteiger partial charge in [-0.05, 0) is 87.2 Å². The number of hydrogen-bond donors (Lipinski definition) is 3. The van der Waals surface area contributed by atoms with Crippen molar-refractivity contribution in [1.82, 2.24) is 30.0 Å². The van der Waals surface area contributed by atoms with Crippen molar-refractivity contribution in [3.05, 3.63) is 71.9 Å². The highest BCUT2D eigenvalue weighted by Gasteiger charge is 2.31. The van der Waals surface area contributed by atoms with E-state index >= 15 is 0 Å². The predicted octanol–water partition coefficient (Wildman–Crippen LogP) is 3.44. The van der Waals surface area contributed by atoms with E-state index in [1.807, 2.05) is 31.2 Å². The molecular formula is C36H41N7O5. The van der Waals surface area contributed by atoms with Crippen molar-refractivity contribution < 1.29 is 24.0 Å². The zero-order chi connectivity index (χ0) is 33.6. The molecule has 5 amide bonds. The smallest absolute Gasteiger partial charge is 0.254 e. The number of nitrogens with one attached hydrogen (secondary N) is 3. The number of carbonyl (C=O) groups excluding carboxylic acids is 5. The Hall–Kier alpha value is -5.10. The first-order chi connectivity index (χ1) is 23.3. The standard InChI is InChI=1S/C36H41N7O5/c1-24(8-11-32(45)39-23-44)43-21-26-20-27(9-10-28(26)36(43)48)40-33(46)19-25-12-16-41(17-13-25)22-34(47)37-15-18-42-31-7-3-2-5-29(31)30-6-4-14-38-35(30)42/h2-7,9-10,14,20,23-25H,8,11-13,15-19,21-22H2,1H3,(H,37,47)(H,40,46)(H,39,44,45). The summed E-state index contributed by atoms with van der Waals surface area (Å²) in [6.45, 7) is 5.27. The molecule has 2 aliphatic rings. The van der Waals surface area contributed by atoms with Crippen LogP contribution in [0.1, 0.15) is 54.9 Å². The van der Waals surface area contributed by atoms with Crippen molar-refractivity contribution in [2.45, 2.75) is 58.2 Å². The zero-order valence-electron chi connectivity index (χ0n) is 27.1. The summed E-state index contributed by atoms with van der Waals surface area (Å²) < 4.78 is 2.16. The summed E-state index contributed by atoms with van der Waals surface area (Å²) in [5.74, 6) is -0.321. The van der Waals surface area contributed by atoms with Gasteiger partial charge in [-0.2, -0.15) is 0 Å². The fraction of sp³-hybridized carbons (Fsp3) is 0.389. The van der Waals surface area contributed by atoms with Crippen LogP contribution in [0.25, 0.3) is 21.9 Å². The molecule has 2 aromatic heterocycles. The molecule has 12 nitrogen and oxygen atoms in total. The average Bonchev–Trinajstić information content (AvgIpc) is 3.58. The molecule has 12 heteroatoms. The van der Waals surface area contributed by atoms with Crippen LogP contribution in [0.5, 0.6) is 0 Å². The summed E-state index contributed by atoms with van der Waals surface area (Å²) in [5, 5.41) is 10.4. The Morgan fingerprint density at radius 2 is 1.79 bits per heavy atom. The number of imide groups is 1. The second kappa shape index (κ2) is 14.8. The maximum atomic E-state index is 12.9. The number of anilines is 1. The van der Waals surface area contributed by atoms with Crippen LogP contribution >= 0.6 is 0 Å². The lowest BCUT2D eigenvalue weighted by molar-refractivity contribution is -0.125. The highest BCUT2D eigenvalue weighted by Crippen LogP contribution is 2.30. The maximum absolute atomic E-state index is 12.9. The molecule has 1 fully saturated rings. The van der Waals surface area contributed by atoms with Crippen LogP contribution < -0.4 is 16.0 Å². The van der Waals surface area contributed by atoms with Crippen molar-refractivity contribution >= 4 is 57.7 Å². The highest BCUT2D eigenvalue weighted by atomic mass is 16.2. The molecule has 0 bridgehead atoms. The normalized spacial score (nSPS) is 15.8. The van der Waals surface area contributed by atoms with Crippen LogP contribution in [0.4, 0.5) is 5.69 Å². The number of piperidine rings is 1. The first kappa shape index (κ1) is 32.8. The molecular weight excluding hydrogens is 610 g/mol. The molecule has 0 radical (unpaired) electrons. The van der Waals surface area contributed by atoms with Gasteiger partial charge in [-0.1, -0.05) is 18.2 Å². The number of fused-ring (bicyclic) bond motifs is 4. The van der Waals surface area contributed by atoms with Crippen LogP contribution in [-0.4, -0.2) is 81.6 Å². The van der Waals surface area contributed by atoms with E-state index in [0.29, 0.717) is 56.7 Å². The minimum absolute atomic E-state index is 0.00800. The van der Waals surface area contributed by atoms with Gasteiger partial charge in [-0.15, -0.1) is 0 Å². The fourth-order valence-corrected chi connectivity index (χ4v) is 6.90. The van der Waals surface area contributed by atoms with Crippen LogP contribution in [0, 0.1) is 5.92 Å². The quantitative estimate of drug-likeness (QED) is 0.188. The molecule has 250 valence electrons. The zero-order valence-corrected chi connectivity index (χ0v) is 27.1. The molecule has 2 aliphatic heterocycles. The van der Waals surface area contributed by atoms with E-state index in [9.17, 15) is 24.0 Å². The Morgan fingerprint density at radius 3 is 2.60 bits per heavy atom. The van der Waals surface area contributed by atoms with E-state index in [4.69, 9.17) is 0 Å². The Bertz CT molecular complexity index is 1790. The second-order valence-electron chi connectivity index (χ2n) is 12.7. The molecule has 3 N–H and O–H groups in total. The summed E-state index contributed by atoms with van der Waals surface area (Å²) in [4.78, 5) is 69.2. The summed E-state index contributed by atoms with van der Waals surface area (Å²) in [6, 6.07) is 17.4. The number of rotatable bonds is 13. The van der Waals surface area contributed by atoms with Gasteiger partial charge in [0.05, 0.1) is 12.1 Å². The Kier molecular flexibility index (Phi) is 10.1. The Labute approximate surface area is 278 Å². The number of para-hydroxylation sites is 1. The first-order valence-corrected chi connectivity index (χ1v) is 16.6. The van der Waals surface area contributed by atoms with Crippen LogP contribution in [0.3, 0.4) is 0 Å². The number of benzene rings is 2. The van der Waals surface area contributed by atoms with E-state index in [0.717, 1.165) is 53.4 Å². The largest absolute Gasteiger partial charge is 0.353 e. The molecule has 4 aromatic rings. The van der Waals surface area contributed by atoms with Crippen LogP contribution in [0.2, 0.25) is 0 Å². The number of amides is 5. The predicted molar refractivity (Wildman–Crippen MR) is 182 cm³/mol. The Morgan fingerprint density at radius 1 is 1.00 bits per heavy atom. The third-order valence-electron chi connectivity index (χ3n) is 9.50. The molecule has 1 atom stereocenters. The number of aromatic nitrogens is 2. The monoisotopic (exact) mass is 651 g/mol. The van der Waals surface area contributed by atoms with Gasteiger partial charge in [0.15, 0.2) is 0 Å². The average molecular weight is 652 g/mol. The number of pyridine rings is 1. The van der Waals surface area contributed by atoms with Crippen molar-refractivity contribution in [1.29, 1.82) is 0 Å². The van der Waals surface area contributed by atoms with Crippen molar-refractivity contribution in [3.8, 4) is 0 Å². The third-order valence-corrected chi connectivity index (χ3v) is 9.50. The van der Waals surface area contributed by atoms with Gasteiger partial charge >= 0.3 is 0 Å². The van der Waals surface area contributed by atoms with Gasteiger partial charge in [0, 0.05) is 66.7 Å². The molecule has 4 heterocycles. The number of hydrogen-bond acceptors (Lipinski definition) is 7. The van der Waals surface area contributed by atoms with Gasteiger partial charge < -0.3 is 20.1 Å². The van der Waals surface area contributed by atoms with E-state index < -0.39 is 0 Å². The maximum Gasteiger partial charge on any atom is 0.254 e. The summed E-state index contributed by atoms with van der Waals surface area (Å²) in [6.07, 6.45) is 4.81. The van der Waals surface area contributed by atoms with E-state index in [-0.39, 0.29) is 42.0 Å². The molecule has 6 rings (SSSR count). The van der Waals surface area contributed by atoms with Crippen molar-refractivity contribution in [2.75, 3.05) is 31.5 Å². The molecule has 2 aromatic carbocycles. The highest BCUT2D eigenvalue weighted by molar-refractivity contribution is 6.06. The van der Waals surface area contributed by atoms with Gasteiger partial charge in [0.1, 0.15) is 5.65 Å². The number of carbonyl (C=O) groups is 5. The topological polar surface area (TPSA) is 146 Å². The van der Waals surface area contributed by atoms with Crippen molar-refractivity contribution in [3.63, 3.8) is 0 Å². The summed E-state index contributed by atoms with van der Waals surface area (Å²) >= 11 is 0. The van der Waals surface area contributed by atoms with E-state index in [1.165, 1.54) is 0 Å². The number of likely N-dealkylation sites (tertiary alicyclic amines) is 1.